The van der Waals surface area contributed by atoms with Gasteiger partial charge in [0.05, 0.1) is 12.1 Å². The second kappa shape index (κ2) is 7.23. The number of benzene rings is 1. The number of hydrogen-bond donors (Lipinski definition) is 1. The number of nitrogens with two attached hydrogens (primary N) is 1. The normalized spacial score (nSPS) is 18.2. The summed E-state index contributed by atoms with van der Waals surface area (Å²) in [5.74, 6) is 0.812. The predicted molar refractivity (Wildman–Crippen MR) is 94.1 cm³/mol. The molecular weight excluding hydrogens is 306 g/mol. The summed E-state index contributed by atoms with van der Waals surface area (Å²) in [5, 5.41) is 2.96. The molecule has 1 amide bonds. The quantitative estimate of drug-likeness (QED) is 0.938. The summed E-state index contributed by atoms with van der Waals surface area (Å²) in [6, 6.07) is 8.13. The van der Waals surface area contributed by atoms with Crippen molar-refractivity contribution in [1.82, 2.24) is 9.88 Å². The molecule has 1 aliphatic rings. The first-order valence-corrected chi connectivity index (χ1v) is 9.05. The molecule has 122 valence electrons. The van der Waals surface area contributed by atoms with Crippen LogP contribution < -0.4 is 5.73 Å². The molecule has 2 N–H and O–H groups in total. The highest BCUT2D eigenvalue weighted by Crippen LogP contribution is 2.25. The van der Waals surface area contributed by atoms with Gasteiger partial charge in [0.15, 0.2) is 0 Å². The van der Waals surface area contributed by atoms with Crippen molar-refractivity contribution >= 4 is 17.2 Å². The molecule has 2 aromatic rings. The third-order valence-electron chi connectivity index (χ3n) is 4.33. The second-order valence-electron chi connectivity index (χ2n) is 6.31. The number of likely N-dealkylation sites (tertiary alicyclic amines) is 1. The Hall–Kier alpha value is -1.72. The molecule has 3 rings (SSSR count). The van der Waals surface area contributed by atoms with E-state index in [1.807, 2.05) is 34.5 Å². The number of carbonyl (C=O) groups is 1. The van der Waals surface area contributed by atoms with Crippen molar-refractivity contribution in [3.8, 4) is 10.6 Å². The maximum Gasteiger partial charge on any atom is 0.228 e. The smallest absolute Gasteiger partial charge is 0.228 e. The monoisotopic (exact) mass is 329 g/mol. The Balaban J connectivity index is 1.65. The third kappa shape index (κ3) is 3.98. The zero-order valence-electron chi connectivity index (χ0n) is 13.5. The number of amides is 1. The van der Waals surface area contributed by atoms with E-state index in [1.54, 1.807) is 11.3 Å². The molecule has 23 heavy (non-hydrogen) atoms. The fourth-order valence-electron chi connectivity index (χ4n) is 2.99. The van der Waals surface area contributed by atoms with Gasteiger partial charge in [0.2, 0.25) is 5.91 Å². The number of rotatable bonds is 4. The molecule has 2 heterocycles. The molecule has 1 aromatic heterocycles. The maximum absolute atomic E-state index is 12.4. The lowest BCUT2D eigenvalue weighted by Gasteiger charge is -2.30. The van der Waals surface area contributed by atoms with Gasteiger partial charge in [-0.3, -0.25) is 4.79 Å². The van der Waals surface area contributed by atoms with Crippen LogP contribution in [0.2, 0.25) is 0 Å². The van der Waals surface area contributed by atoms with Gasteiger partial charge in [-0.2, -0.15) is 0 Å². The fourth-order valence-corrected chi connectivity index (χ4v) is 3.81. The summed E-state index contributed by atoms with van der Waals surface area (Å²) in [4.78, 5) is 19.0. The minimum atomic E-state index is 0.201. The predicted octanol–water partition coefficient (Wildman–Crippen LogP) is 3.07. The van der Waals surface area contributed by atoms with E-state index in [2.05, 4.69) is 11.9 Å². The van der Waals surface area contributed by atoms with Gasteiger partial charge in [0.1, 0.15) is 5.01 Å². The van der Waals surface area contributed by atoms with Crippen LogP contribution in [-0.2, 0) is 17.8 Å². The lowest BCUT2D eigenvalue weighted by atomic mass is 10.00. The van der Waals surface area contributed by atoms with Gasteiger partial charge in [-0.05, 0) is 24.3 Å². The van der Waals surface area contributed by atoms with E-state index >= 15 is 0 Å². The highest BCUT2D eigenvalue weighted by Gasteiger charge is 2.21. The minimum Gasteiger partial charge on any atom is -0.342 e. The first-order chi connectivity index (χ1) is 11.2. The van der Waals surface area contributed by atoms with E-state index < -0.39 is 0 Å². The van der Waals surface area contributed by atoms with Crippen molar-refractivity contribution in [1.29, 1.82) is 0 Å². The lowest BCUT2D eigenvalue weighted by molar-refractivity contribution is -0.132. The van der Waals surface area contributed by atoms with Crippen LogP contribution >= 0.6 is 11.3 Å². The molecule has 5 heteroatoms. The Kier molecular flexibility index (Phi) is 5.08. The number of hydrogen-bond acceptors (Lipinski definition) is 4. The molecule has 1 aromatic carbocycles. The number of piperidine rings is 1. The summed E-state index contributed by atoms with van der Waals surface area (Å²) < 4.78 is 0. The molecule has 1 unspecified atom stereocenters. The first kappa shape index (κ1) is 16.1. The Morgan fingerprint density at radius 3 is 2.87 bits per heavy atom. The zero-order valence-corrected chi connectivity index (χ0v) is 14.3. The second-order valence-corrected chi connectivity index (χ2v) is 7.17. The van der Waals surface area contributed by atoms with Crippen LogP contribution in [-0.4, -0.2) is 28.9 Å². The van der Waals surface area contributed by atoms with Crippen molar-refractivity contribution in [2.45, 2.75) is 32.7 Å². The molecule has 0 radical (unpaired) electrons. The van der Waals surface area contributed by atoms with Crippen molar-refractivity contribution < 1.29 is 4.79 Å². The van der Waals surface area contributed by atoms with Crippen molar-refractivity contribution in [2.24, 2.45) is 11.7 Å². The standard InChI is InChI=1S/C18H23N3OS/c1-13-3-2-8-21(11-13)17(22)9-16-12-23-18(20-16)15-6-4-14(10-19)5-7-15/h4-7,12-13H,2-3,8-11,19H2,1H3. The first-order valence-electron chi connectivity index (χ1n) is 8.17. The molecule has 4 nitrogen and oxygen atoms in total. The molecule has 0 bridgehead atoms. The molecule has 1 aliphatic heterocycles. The van der Waals surface area contributed by atoms with Gasteiger partial charge >= 0.3 is 0 Å². The fraction of sp³-hybridized carbons (Fsp3) is 0.444. The molecule has 0 saturated carbocycles. The van der Waals surface area contributed by atoms with Crippen molar-refractivity contribution in [3.05, 3.63) is 40.9 Å². The number of aromatic nitrogens is 1. The van der Waals surface area contributed by atoms with Crippen LogP contribution in [0.25, 0.3) is 10.6 Å². The van der Waals surface area contributed by atoms with Gasteiger partial charge < -0.3 is 10.6 Å². The van der Waals surface area contributed by atoms with Crippen molar-refractivity contribution in [2.75, 3.05) is 13.1 Å². The number of nitrogens with zero attached hydrogens (tertiary/aromatic N) is 2. The van der Waals surface area contributed by atoms with Crippen LogP contribution in [0, 0.1) is 5.92 Å². The minimum absolute atomic E-state index is 0.201. The van der Waals surface area contributed by atoms with E-state index in [-0.39, 0.29) is 5.91 Å². The third-order valence-corrected chi connectivity index (χ3v) is 5.27. The Bertz CT molecular complexity index is 665. The van der Waals surface area contributed by atoms with E-state index in [0.29, 0.717) is 18.9 Å². The van der Waals surface area contributed by atoms with Gasteiger partial charge in [-0.25, -0.2) is 4.98 Å². The molecule has 0 spiro atoms. The topological polar surface area (TPSA) is 59.2 Å². The van der Waals surface area contributed by atoms with E-state index in [0.717, 1.165) is 41.3 Å². The van der Waals surface area contributed by atoms with Crippen LogP contribution in [0.1, 0.15) is 31.0 Å². The molecule has 1 atom stereocenters. The average Bonchev–Trinajstić information content (AvgIpc) is 3.03. The van der Waals surface area contributed by atoms with Crippen LogP contribution in [0.4, 0.5) is 0 Å². The molecule has 1 fully saturated rings. The largest absolute Gasteiger partial charge is 0.342 e. The Labute approximate surface area is 141 Å². The average molecular weight is 329 g/mol. The summed E-state index contributed by atoms with van der Waals surface area (Å²) in [5.41, 5.74) is 8.69. The van der Waals surface area contributed by atoms with E-state index in [4.69, 9.17) is 5.73 Å². The highest BCUT2D eigenvalue weighted by molar-refractivity contribution is 7.13. The number of thiazole rings is 1. The summed E-state index contributed by atoms with van der Waals surface area (Å²) >= 11 is 1.59. The van der Waals surface area contributed by atoms with Gasteiger partial charge in [-0.1, -0.05) is 31.2 Å². The maximum atomic E-state index is 12.4. The van der Waals surface area contributed by atoms with Crippen LogP contribution in [0.5, 0.6) is 0 Å². The molecule has 0 aliphatic carbocycles. The summed E-state index contributed by atoms with van der Waals surface area (Å²) in [6.45, 7) is 4.54. The molecule has 1 saturated heterocycles. The Morgan fingerprint density at radius 2 is 2.17 bits per heavy atom. The van der Waals surface area contributed by atoms with Crippen LogP contribution in [0.15, 0.2) is 29.6 Å². The van der Waals surface area contributed by atoms with Gasteiger partial charge in [0.25, 0.3) is 0 Å². The summed E-state index contributed by atoms with van der Waals surface area (Å²) in [7, 11) is 0. The molecular formula is C18H23N3OS. The van der Waals surface area contributed by atoms with Gasteiger partial charge in [-0.15, -0.1) is 11.3 Å². The van der Waals surface area contributed by atoms with Gasteiger partial charge in [0, 0.05) is 30.6 Å². The summed E-state index contributed by atoms with van der Waals surface area (Å²) in [6.07, 6.45) is 2.75. The van der Waals surface area contributed by atoms with Crippen LogP contribution in [0.3, 0.4) is 0 Å². The lowest BCUT2D eigenvalue weighted by Crippen LogP contribution is -2.39. The zero-order chi connectivity index (χ0) is 16.2. The SMILES string of the molecule is CC1CCCN(C(=O)Cc2csc(-c3ccc(CN)cc3)n2)C1. The number of carbonyl (C=O) groups excluding carboxylic acids is 1. The van der Waals surface area contributed by atoms with E-state index in [1.165, 1.54) is 6.42 Å². The van der Waals surface area contributed by atoms with Crippen molar-refractivity contribution in [3.63, 3.8) is 0 Å². The van der Waals surface area contributed by atoms with E-state index in [9.17, 15) is 4.79 Å². The highest BCUT2D eigenvalue weighted by atomic mass is 32.1. The Morgan fingerprint density at radius 1 is 1.39 bits per heavy atom.